The highest BCUT2D eigenvalue weighted by molar-refractivity contribution is 5.51. The van der Waals surface area contributed by atoms with Crippen molar-refractivity contribution in [3.05, 3.63) is 42.0 Å². The van der Waals surface area contributed by atoms with Gasteiger partial charge in [-0.25, -0.2) is 0 Å². The van der Waals surface area contributed by atoms with E-state index in [2.05, 4.69) is 24.4 Å². The monoisotopic (exact) mass is 173 g/mol. The van der Waals surface area contributed by atoms with Crippen molar-refractivity contribution in [2.75, 3.05) is 0 Å². The lowest BCUT2D eigenvalue weighted by molar-refractivity contribution is 0.946. The zero-order valence-electron chi connectivity index (χ0n) is 8.09. The minimum absolute atomic E-state index is 0.990. The van der Waals surface area contributed by atoms with Crippen LogP contribution in [0.25, 0.3) is 0 Å². The Morgan fingerprint density at radius 2 is 2.08 bits per heavy atom. The highest BCUT2D eigenvalue weighted by atomic mass is 14.7. The van der Waals surface area contributed by atoms with Gasteiger partial charge in [-0.2, -0.15) is 0 Å². The standard InChI is InChI=1S/C12H15N/c1-10(2)8-9-11-6-4-5-7-12(11)13-3/h4-7H,1,3,8-9H2,2H3. The second kappa shape index (κ2) is 4.61. The van der Waals surface area contributed by atoms with Crippen molar-refractivity contribution in [1.82, 2.24) is 0 Å². The van der Waals surface area contributed by atoms with Gasteiger partial charge in [-0.3, -0.25) is 4.99 Å². The van der Waals surface area contributed by atoms with Crippen LogP contribution in [-0.2, 0) is 6.42 Å². The Balaban J connectivity index is 2.75. The average Bonchev–Trinajstić information content (AvgIpc) is 2.15. The van der Waals surface area contributed by atoms with E-state index in [-0.39, 0.29) is 0 Å². The van der Waals surface area contributed by atoms with Gasteiger partial charge in [-0.05, 0) is 38.1 Å². The van der Waals surface area contributed by atoms with Crippen molar-refractivity contribution in [3.8, 4) is 0 Å². The van der Waals surface area contributed by atoms with E-state index in [0.29, 0.717) is 0 Å². The largest absolute Gasteiger partial charge is 0.264 e. The fraction of sp³-hybridized carbons (Fsp3) is 0.250. The van der Waals surface area contributed by atoms with Gasteiger partial charge in [0, 0.05) is 0 Å². The van der Waals surface area contributed by atoms with Gasteiger partial charge in [0.15, 0.2) is 0 Å². The maximum atomic E-state index is 3.97. The van der Waals surface area contributed by atoms with Crippen LogP contribution in [0.4, 0.5) is 5.69 Å². The lowest BCUT2D eigenvalue weighted by Crippen LogP contribution is -1.86. The molecule has 0 fully saturated rings. The van der Waals surface area contributed by atoms with Crippen LogP contribution in [0.15, 0.2) is 41.4 Å². The Bertz CT molecular complexity index is 313. The van der Waals surface area contributed by atoms with E-state index >= 15 is 0 Å². The maximum Gasteiger partial charge on any atom is 0.0654 e. The molecule has 0 bridgehead atoms. The van der Waals surface area contributed by atoms with Gasteiger partial charge in [-0.15, -0.1) is 6.58 Å². The van der Waals surface area contributed by atoms with Crippen LogP contribution in [0.2, 0.25) is 0 Å². The summed E-state index contributed by atoms with van der Waals surface area (Å²) < 4.78 is 0. The van der Waals surface area contributed by atoms with E-state index in [1.54, 1.807) is 0 Å². The van der Waals surface area contributed by atoms with Crippen LogP contribution >= 0.6 is 0 Å². The van der Waals surface area contributed by atoms with Crippen molar-refractivity contribution in [1.29, 1.82) is 0 Å². The summed E-state index contributed by atoms with van der Waals surface area (Å²) in [7, 11) is 0. The Hall–Kier alpha value is -1.37. The molecule has 1 rings (SSSR count). The van der Waals surface area contributed by atoms with Crippen molar-refractivity contribution >= 4 is 12.4 Å². The molecule has 0 spiro atoms. The van der Waals surface area contributed by atoms with Crippen LogP contribution in [-0.4, -0.2) is 6.72 Å². The Labute approximate surface area is 79.8 Å². The Morgan fingerprint density at radius 1 is 1.38 bits per heavy atom. The average molecular weight is 173 g/mol. The molecule has 0 atom stereocenters. The lowest BCUT2D eigenvalue weighted by Gasteiger charge is -2.04. The molecule has 1 aromatic rings. The number of benzene rings is 1. The van der Waals surface area contributed by atoms with Gasteiger partial charge < -0.3 is 0 Å². The van der Waals surface area contributed by atoms with Gasteiger partial charge in [-0.1, -0.05) is 23.8 Å². The zero-order chi connectivity index (χ0) is 9.68. The van der Waals surface area contributed by atoms with Crippen LogP contribution < -0.4 is 0 Å². The maximum absolute atomic E-state index is 3.97. The van der Waals surface area contributed by atoms with Crippen LogP contribution in [0.5, 0.6) is 0 Å². The van der Waals surface area contributed by atoms with Crippen molar-refractivity contribution in [3.63, 3.8) is 0 Å². The highest BCUT2D eigenvalue weighted by Gasteiger charge is 1.98. The molecule has 0 radical (unpaired) electrons. The topological polar surface area (TPSA) is 12.4 Å². The summed E-state index contributed by atoms with van der Waals surface area (Å²) in [6.07, 6.45) is 2.02. The molecule has 0 unspecified atom stereocenters. The number of hydrogen-bond donors (Lipinski definition) is 0. The highest BCUT2D eigenvalue weighted by Crippen LogP contribution is 2.20. The SMILES string of the molecule is C=Nc1ccccc1CCC(=C)C. The summed E-state index contributed by atoms with van der Waals surface area (Å²) in [5, 5.41) is 0. The van der Waals surface area contributed by atoms with Crippen molar-refractivity contribution < 1.29 is 0 Å². The molecule has 68 valence electrons. The molecular weight excluding hydrogens is 158 g/mol. The van der Waals surface area contributed by atoms with E-state index in [1.165, 1.54) is 11.1 Å². The molecule has 1 nitrogen and oxygen atoms in total. The normalized spacial score (nSPS) is 9.62. The van der Waals surface area contributed by atoms with E-state index < -0.39 is 0 Å². The van der Waals surface area contributed by atoms with Gasteiger partial charge in [0.2, 0.25) is 0 Å². The molecule has 0 aromatic heterocycles. The molecule has 1 aromatic carbocycles. The van der Waals surface area contributed by atoms with Crippen LogP contribution in [0, 0.1) is 0 Å². The first-order chi connectivity index (χ1) is 6.24. The molecule has 0 saturated heterocycles. The minimum Gasteiger partial charge on any atom is -0.264 e. The van der Waals surface area contributed by atoms with E-state index in [0.717, 1.165) is 18.5 Å². The molecule has 0 aliphatic rings. The zero-order valence-corrected chi connectivity index (χ0v) is 8.09. The smallest absolute Gasteiger partial charge is 0.0654 e. The third-order valence-corrected chi connectivity index (χ3v) is 1.98. The first kappa shape index (κ1) is 9.72. The number of allylic oxidation sites excluding steroid dienone is 1. The molecule has 0 saturated carbocycles. The third kappa shape index (κ3) is 2.86. The molecule has 0 aliphatic heterocycles. The van der Waals surface area contributed by atoms with E-state index in [4.69, 9.17) is 0 Å². The first-order valence-electron chi connectivity index (χ1n) is 4.43. The first-order valence-corrected chi connectivity index (χ1v) is 4.43. The summed E-state index contributed by atoms with van der Waals surface area (Å²) in [4.78, 5) is 3.97. The third-order valence-electron chi connectivity index (χ3n) is 1.98. The number of aryl methyl sites for hydroxylation is 1. The summed E-state index contributed by atoms with van der Waals surface area (Å²) in [5.74, 6) is 0. The minimum atomic E-state index is 0.990. The molecule has 0 heterocycles. The molecule has 0 aliphatic carbocycles. The van der Waals surface area contributed by atoms with Crippen molar-refractivity contribution in [2.45, 2.75) is 19.8 Å². The number of rotatable bonds is 4. The molecule has 1 heteroatoms. The quantitative estimate of drug-likeness (QED) is 0.488. The van der Waals surface area contributed by atoms with E-state index in [9.17, 15) is 0 Å². The number of para-hydroxylation sites is 1. The number of hydrogen-bond acceptors (Lipinski definition) is 1. The Morgan fingerprint density at radius 3 is 2.69 bits per heavy atom. The predicted molar refractivity (Wildman–Crippen MR) is 58.8 cm³/mol. The molecule has 0 N–H and O–H groups in total. The summed E-state index contributed by atoms with van der Waals surface area (Å²) in [5.41, 5.74) is 3.45. The molecule has 13 heavy (non-hydrogen) atoms. The second-order valence-corrected chi connectivity index (χ2v) is 3.24. The second-order valence-electron chi connectivity index (χ2n) is 3.24. The van der Waals surface area contributed by atoms with Crippen molar-refractivity contribution in [2.24, 2.45) is 4.99 Å². The number of nitrogens with zero attached hydrogens (tertiary/aromatic N) is 1. The van der Waals surface area contributed by atoms with Gasteiger partial charge in [0.25, 0.3) is 0 Å². The summed E-state index contributed by atoms with van der Waals surface area (Å²) in [6.45, 7) is 9.47. The Kier molecular flexibility index (Phi) is 3.44. The predicted octanol–water partition coefficient (Wildman–Crippen LogP) is 3.53. The van der Waals surface area contributed by atoms with Gasteiger partial charge in [0.05, 0.1) is 5.69 Å². The van der Waals surface area contributed by atoms with E-state index in [1.807, 2.05) is 25.1 Å². The number of aliphatic imine (C=N–C) groups is 1. The summed E-state index contributed by atoms with van der Waals surface area (Å²) in [6, 6.07) is 8.09. The lowest BCUT2D eigenvalue weighted by atomic mass is 10.1. The summed E-state index contributed by atoms with van der Waals surface area (Å²) >= 11 is 0. The molecule has 0 amide bonds. The van der Waals surface area contributed by atoms with Crippen LogP contribution in [0.1, 0.15) is 18.9 Å². The fourth-order valence-electron chi connectivity index (χ4n) is 1.22. The fourth-order valence-corrected chi connectivity index (χ4v) is 1.22. The molecular formula is C12H15N. The van der Waals surface area contributed by atoms with Crippen LogP contribution in [0.3, 0.4) is 0 Å². The van der Waals surface area contributed by atoms with Gasteiger partial charge >= 0.3 is 0 Å². The van der Waals surface area contributed by atoms with Gasteiger partial charge in [0.1, 0.15) is 0 Å².